The number of carboxylic acids is 1. The summed E-state index contributed by atoms with van der Waals surface area (Å²) in [6.07, 6.45) is 0. The van der Waals surface area contributed by atoms with Gasteiger partial charge in [-0.1, -0.05) is 6.07 Å². The standard InChI is InChI=1S/C13H12FNO4S2/c1-7-3-4-9(14)5-10(7)15-21(18,19)12-6-11(13(16)17)20-8(12)2/h3-6,15H,1-2H3,(H,16,17). The molecule has 0 fully saturated rings. The Hall–Kier alpha value is -1.93. The number of sulfonamides is 1. The van der Waals surface area contributed by atoms with Gasteiger partial charge in [-0.3, -0.25) is 4.72 Å². The first-order valence-electron chi connectivity index (χ1n) is 5.83. The van der Waals surface area contributed by atoms with Crippen LogP contribution < -0.4 is 4.72 Å². The number of hydrogen-bond acceptors (Lipinski definition) is 4. The summed E-state index contributed by atoms with van der Waals surface area (Å²) in [5, 5.41) is 8.90. The minimum atomic E-state index is -3.97. The van der Waals surface area contributed by atoms with E-state index < -0.39 is 21.8 Å². The van der Waals surface area contributed by atoms with Crippen LogP contribution >= 0.6 is 11.3 Å². The first-order chi connectivity index (χ1) is 9.70. The van der Waals surface area contributed by atoms with Crippen molar-refractivity contribution in [1.29, 1.82) is 0 Å². The van der Waals surface area contributed by atoms with Crippen molar-refractivity contribution in [3.05, 3.63) is 45.4 Å². The van der Waals surface area contributed by atoms with Crippen LogP contribution in [0.2, 0.25) is 0 Å². The van der Waals surface area contributed by atoms with Crippen molar-refractivity contribution in [3.63, 3.8) is 0 Å². The van der Waals surface area contributed by atoms with Crippen molar-refractivity contribution in [2.45, 2.75) is 18.7 Å². The third-order valence-corrected chi connectivity index (χ3v) is 5.48. The van der Waals surface area contributed by atoms with Crippen LogP contribution in [0.3, 0.4) is 0 Å². The molecule has 2 N–H and O–H groups in total. The second-order valence-electron chi connectivity index (χ2n) is 4.40. The van der Waals surface area contributed by atoms with E-state index >= 15 is 0 Å². The van der Waals surface area contributed by atoms with Crippen molar-refractivity contribution < 1.29 is 22.7 Å². The Bertz CT molecular complexity index is 812. The number of nitrogens with one attached hydrogen (secondary N) is 1. The Kier molecular flexibility index (Phi) is 4.02. The maximum Gasteiger partial charge on any atom is 0.345 e. The molecule has 0 spiro atoms. The van der Waals surface area contributed by atoms with Gasteiger partial charge in [0.25, 0.3) is 10.0 Å². The topological polar surface area (TPSA) is 83.5 Å². The molecule has 0 aliphatic heterocycles. The van der Waals surface area contributed by atoms with Crippen molar-refractivity contribution >= 4 is 33.0 Å². The number of carbonyl (C=O) groups is 1. The summed E-state index contributed by atoms with van der Waals surface area (Å²) in [5.74, 6) is -1.75. The summed E-state index contributed by atoms with van der Waals surface area (Å²) >= 11 is 0.874. The Labute approximate surface area is 125 Å². The summed E-state index contributed by atoms with van der Waals surface area (Å²) in [6, 6.07) is 4.85. The molecule has 1 heterocycles. The van der Waals surface area contributed by atoms with Crippen LogP contribution in [0.15, 0.2) is 29.2 Å². The second kappa shape index (κ2) is 5.45. The molecule has 5 nitrogen and oxygen atoms in total. The summed E-state index contributed by atoms with van der Waals surface area (Å²) in [4.78, 5) is 11.1. The zero-order valence-electron chi connectivity index (χ0n) is 11.2. The molecule has 8 heteroatoms. The normalized spacial score (nSPS) is 11.4. The molecule has 0 radical (unpaired) electrons. The fourth-order valence-electron chi connectivity index (χ4n) is 1.74. The average Bonchev–Trinajstić information content (AvgIpc) is 2.77. The summed E-state index contributed by atoms with van der Waals surface area (Å²) < 4.78 is 40.1. The lowest BCUT2D eigenvalue weighted by molar-refractivity contribution is 0.0702. The lowest BCUT2D eigenvalue weighted by Gasteiger charge is -2.10. The molecule has 0 aliphatic rings. The van der Waals surface area contributed by atoms with Gasteiger partial charge >= 0.3 is 5.97 Å². The number of hydrogen-bond donors (Lipinski definition) is 2. The van der Waals surface area contributed by atoms with Gasteiger partial charge in [0, 0.05) is 4.88 Å². The predicted molar refractivity (Wildman–Crippen MR) is 78.0 cm³/mol. The minimum absolute atomic E-state index is 0.0659. The molecule has 0 saturated carbocycles. The number of halogens is 1. The second-order valence-corrected chi connectivity index (χ2v) is 7.31. The van der Waals surface area contributed by atoms with E-state index in [4.69, 9.17) is 5.11 Å². The average molecular weight is 329 g/mol. The van der Waals surface area contributed by atoms with Gasteiger partial charge < -0.3 is 5.11 Å². The zero-order valence-corrected chi connectivity index (χ0v) is 12.8. The molecule has 0 aliphatic carbocycles. The SMILES string of the molecule is Cc1ccc(F)cc1NS(=O)(=O)c1cc(C(=O)O)sc1C. The van der Waals surface area contributed by atoms with Gasteiger partial charge in [-0.25, -0.2) is 17.6 Å². The van der Waals surface area contributed by atoms with Crippen molar-refractivity contribution in [3.8, 4) is 0 Å². The molecule has 0 unspecified atom stereocenters. The number of rotatable bonds is 4. The van der Waals surface area contributed by atoms with E-state index in [9.17, 15) is 17.6 Å². The van der Waals surface area contributed by atoms with Gasteiger partial charge in [0.05, 0.1) is 5.69 Å². The van der Waals surface area contributed by atoms with E-state index in [1.165, 1.54) is 19.1 Å². The molecule has 2 rings (SSSR count). The molecular weight excluding hydrogens is 317 g/mol. The van der Waals surface area contributed by atoms with Crippen molar-refractivity contribution in [2.75, 3.05) is 4.72 Å². The van der Waals surface area contributed by atoms with Crippen LogP contribution in [0, 0.1) is 19.7 Å². The molecule has 2 aromatic rings. The molecule has 1 aromatic heterocycles. The van der Waals surface area contributed by atoms with E-state index in [0.29, 0.717) is 10.4 Å². The fraction of sp³-hybridized carbons (Fsp3) is 0.154. The Balaban J connectivity index is 2.43. The quantitative estimate of drug-likeness (QED) is 0.903. The largest absolute Gasteiger partial charge is 0.477 e. The van der Waals surface area contributed by atoms with E-state index in [1.807, 2.05) is 0 Å². The van der Waals surface area contributed by atoms with Crippen LogP contribution in [0.1, 0.15) is 20.1 Å². The first kappa shape index (κ1) is 15.5. The van der Waals surface area contributed by atoms with Crippen LogP contribution in [0.5, 0.6) is 0 Å². The Morgan fingerprint density at radius 1 is 1.29 bits per heavy atom. The molecular formula is C13H12FNO4S2. The molecule has 21 heavy (non-hydrogen) atoms. The molecule has 0 bridgehead atoms. The predicted octanol–water partition coefficient (Wildman–Crippen LogP) is 3.00. The highest BCUT2D eigenvalue weighted by Crippen LogP contribution is 2.28. The van der Waals surface area contributed by atoms with Crippen LogP contribution in [0.4, 0.5) is 10.1 Å². The van der Waals surface area contributed by atoms with Crippen LogP contribution in [-0.2, 0) is 10.0 Å². The van der Waals surface area contributed by atoms with Gasteiger partial charge in [-0.15, -0.1) is 11.3 Å². The summed E-state index contributed by atoms with van der Waals surface area (Å²) in [5.41, 5.74) is 0.684. The summed E-state index contributed by atoms with van der Waals surface area (Å²) in [6.45, 7) is 3.16. The van der Waals surface area contributed by atoms with Crippen LogP contribution in [0.25, 0.3) is 0 Å². The van der Waals surface area contributed by atoms with Crippen LogP contribution in [-0.4, -0.2) is 19.5 Å². The molecule has 0 saturated heterocycles. The van der Waals surface area contributed by atoms with Gasteiger partial charge in [0.1, 0.15) is 15.6 Å². The number of carboxylic acid groups (broad SMARTS) is 1. The Morgan fingerprint density at radius 3 is 2.52 bits per heavy atom. The number of thiophene rings is 1. The van der Waals surface area contributed by atoms with E-state index in [-0.39, 0.29) is 15.5 Å². The zero-order chi connectivity index (χ0) is 15.8. The van der Waals surface area contributed by atoms with Gasteiger partial charge in [-0.05, 0) is 37.6 Å². The lowest BCUT2D eigenvalue weighted by Crippen LogP contribution is -2.14. The number of aromatic carboxylic acids is 1. The molecule has 0 amide bonds. The van der Waals surface area contributed by atoms with Gasteiger partial charge in [-0.2, -0.15) is 0 Å². The highest BCUT2D eigenvalue weighted by atomic mass is 32.2. The third kappa shape index (κ3) is 3.22. The van der Waals surface area contributed by atoms with E-state index in [2.05, 4.69) is 4.72 Å². The maximum absolute atomic E-state index is 13.2. The monoisotopic (exact) mass is 329 g/mol. The van der Waals surface area contributed by atoms with E-state index in [0.717, 1.165) is 23.5 Å². The van der Waals surface area contributed by atoms with Crippen molar-refractivity contribution in [2.24, 2.45) is 0 Å². The highest BCUT2D eigenvalue weighted by molar-refractivity contribution is 7.93. The molecule has 112 valence electrons. The van der Waals surface area contributed by atoms with Gasteiger partial charge in [0.15, 0.2) is 0 Å². The minimum Gasteiger partial charge on any atom is -0.477 e. The molecule has 0 atom stereocenters. The highest BCUT2D eigenvalue weighted by Gasteiger charge is 2.22. The van der Waals surface area contributed by atoms with E-state index in [1.54, 1.807) is 6.92 Å². The summed E-state index contributed by atoms with van der Waals surface area (Å²) in [7, 11) is -3.97. The van der Waals surface area contributed by atoms with Gasteiger partial charge in [0.2, 0.25) is 0 Å². The fourth-order valence-corrected chi connectivity index (χ4v) is 4.29. The smallest absolute Gasteiger partial charge is 0.345 e. The Morgan fingerprint density at radius 2 is 1.95 bits per heavy atom. The number of anilines is 1. The third-order valence-electron chi connectivity index (χ3n) is 2.82. The maximum atomic E-state index is 13.2. The number of benzene rings is 1. The lowest BCUT2D eigenvalue weighted by atomic mass is 10.2. The molecule has 1 aromatic carbocycles. The number of aryl methyl sites for hydroxylation is 2. The van der Waals surface area contributed by atoms with Crippen molar-refractivity contribution in [1.82, 2.24) is 0 Å². The first-order valence-corrected chi connectivity index (χ1v) is 8.13.